The molecular weight excluding hydrogens is 387 g/mol. The topological polar surface area (TPSA) is 124 Å². The maximum absolute atomic E-state index is 12.3. The monoisotopic (exact) mass is 405 g/mol. The Balaban J connectivity index is 1.55. The average molecular weight is 405 g/mol. The van der Waals surface area contributed by atoms with Crippen molar-refractivity contribution in [3.8, 4) is 0 Å². The molecule has 10 nitrogen and oxygen atoms in total. The Morgan fingerprint density at radius 2 is 2.07 bits per heavy atom. The molecule has 0 aromatic carbocycles. The lowest BCUT2D eigenvalue weighted by atomic mass is 10.1. The fraction of sp³-hybridized carbons (Fsp3) is 0.667. The van der Waals surface area contributed by atoms with E-state index in [1.165, 1.54) is 17.2 Å². The highest BCUT2D eigenvalue weighted by Gasteiger charge is 2.46. The lowest BCUT2D eigenvalue weighted by molar-refractivity contribution is -0.333. The lowest BCUT2D eigenvalue weighted by Gasteiger charge is -2.17. The second-order valence-corrected chi connectivity index (χ2v) is 6.55. The van der Waals surface area contributed by atoms with Gasteiger partial charge in [0.05, 0.1) is 25.6 Å². The number of hydrogen-bond acceptors (Lipinski definition) is 9. The number of nitrogens with one attached hydrogen (secondary N) is 1. The molecular formula is C15H18F3N5O5. The highest BCUT2D eigenvalue weighted by molar-refractivity contribution is 5.82. The van der Waals surface area contributed by atoms with Crippen LogP contribution in [0.1, 0.15) is 12.6 Å². The van der Waals surface area contributed by atoms with Crippen LogP contribution in [0.4, 0.5) is 19.0 Å². The third-order valence-corrected chi connectivity index (χ3v) is 4.65. The van der Waals surface area contributed by atoms with Gasteiger partial charge in [-0.25, -0.2) is 15.0 Å². The van der Waals surface area contributed by atoms with Gasteiger partial charge in [0.1, 0.15) is 24.6 Å². The molecule has 0 saturated carbocycles. The molecule has 13 heteroatoms. The number of imidazole rings is 1. The Hall–Kier alpha value is -2.06. The van der Waals surface area contributed by atoms with Gasteiger partial charge in [0.25, 0.3) is 0 Å². The maximum atomic E-state index is 12.3. The lowest BCUT2D eigenvalue weighted by Crippen LogP contribution is -2.35. The molecule has 2 aromatic rings. The molecule has 5 unspecified atom stereocenters. The summed E-state index contributed by atoms with van der Waals surface area (Å²) in [7, 11) is 0. The van der Waals surface area contributed by atoms with Gasteiger partial charge in [0.15, 0.2) is 23.2 Å². The van der Waals surface area contributed by atoms with E-state index >= 15 is 0 Å². The molecule has 2 aromatic heterocycles. The summed E-state index contributed by atoms with van der Waals surface area (Å²) in [6, 6.07) is 0.0716. The zero-order valence-corrected chi connectivity index (χ0v) is 14.4. The fourth-order valence-electron chi connectivity index (χ4n) is 3.26. The summed E-state index contributed by atoms with van der Waals surface area (Å²) in [5.41, 5.74) is 0.694. The van der Waals surface area contributed by atoms with E-state index in [0.717, 1.165) is 6.42 Å². The number of aliphatic hydroxyl groups excluding tert-OH is 2. The molecule has 154 valence electrons. The molecule has 0 aliphatic carbocycles. The summed E-state index contributed by atoms with van der Waals surface area (Å²) < 4.78 is 52.5. The van der Waals surface area contributed by atoms with E-state index in [2.05, 4.69) is 25.0 Å². The number of fused-ring (bicyclic) bond motifs is 1. The molecule has 4 rings (SSSR count). The second-order valence-electron chi connectivity index (χ2n) is 6.55. The molecule has 5 atom stereocenters. The first-order valence-electron chi connectivity index (χ1n) is 8.57. The fourth-order valence-corrected chi connectivity index (χ4v) is 3.26. The van der Waals surface area contributed by atoms with E-state index in [1.807, 2.05) is 0 Å². The number of halogens is 3. The van der Waals surface area contributed by atoms with Crippen LogP contribution in [0, 0.1) is 0 Å². The summed E-state index contributed by atoms with van der Waals surface area (Å²) in [4.78, 5) is 12.5. The van der Waals surface area contributed by atoms with E-state index in [1.54, 1.807) is 0 Å². The smallest absolute Gasteiger partial charge is 0.387 e. The number of aromatic nitrogens is 4. The number of nitrogens with zero attached hydrogens (tertiary/aromatic N) is 4. The van der Waals surface area contributed by atoms with Crippen molar-refractivity contribution < 1.29 is 37.6 Å². The number of aliphatic hydroxyl groups is 2. The largest absolute Gasteiger partial charge is 0.522 e. The number of hydrogen-bond donors (Lipinski definition) is 3. The van der Waals surface area contributed by atoms with Crippen molar-refractivity contribution in [2.45, 2.75) is 43.4 Å². The van der Waals surface area contributed by atoms with E-state index in [-0.39, 0.29) is 6.04 Å². The van der Waals surface area contributed by atoms with Crippen LogP contribution in [-0.4, -0.2) is 80.3 Å². The Kier molecular flexibility index (Phi) is 5.09. The summed E-state index contributed by atoms with van der Waals surface area (Å²) in [6.07, 6.45) is -7.05. The molecule has 0 amide bonds. The minimum atomic E-state index is -4.87. The van der Waals surface area contributed by atoms with Crippen molar-refractivity contribution in [2.24, 2.45) is 0 Å². The van der Waals surface area contributed by atoms with Crippen LogP contribution in [-0.2, 0) is 14.2 Å². The first-order valence-corrected chi connectivity index (χ1v) is 8.57. The van der Waals surface area contributed by atoms with E-state index in [4.69, 9.17) is 9.47 Å². The third-order valence-electron chi connectivity index (χ3n) is 4.65. The van der Waals surface area contributed by atoms with Crippen molar-refractivity contribution in [3.05, 3.63) is 12.7 Å². The first kappa shape index (κ1) is 19.3. The van der Waals surface area contributed by atoms with Gasteiger partial charge < -0.3 is 25.0 Å². The molecule has 0 spiro atoms. The number of alkyl halides is 3. The van der Waals surface area contributed by atoms with Crippen molar-refractivity contribution in [1.82, 2.24) is 19.5 Å². The standard InChI is InChI=1S/C15H18F3N5O5/c16-15(17,18)27-4-8-10(24)11(25)14(28-8)23-6-21-9-12(19-5-20-13(9)23)22-7-1-2-26-3-7/h5-8,10-11,14,24-25H,1-4H2,(H,19,20,22). The van der Waals surface area contributed by atoms with Crippen LogP contribution in [0.25, 0.3) is 11.2 Å². The summed E-state index contributed by atoms with van der Waals surface area (Å²) in [6.45, 7) is 0.222. The van der Waals surface area contributed by atoms with Gasteiger partial charge in [0, 0.05) is 6.61 Å². The van der Waals surface area contributed by atoms with Gasteiger partial charge in [-0.1, -0.05) is 0 Å². The number of rotatable bonds is 5. The molecule has 2 aliphatic rings. The van der Waals surface area contributed by atoms with Crippen LogP contribution in [0.3, 0.4) is 0 Å². The van der Waals surface area contributed by atoms with Gasteiger partial charge in [-0.05, 0) is 6.42 Å². The highest BCUT2D eigenvalue weighted by Crippen LogP contribution is 2.33. The Morgan fingerprint density at radius 1 is 1.25 bits per heavy atom. The molecule has 3 N–H and O–H groups in total. The first-order chi connectivity index (χ1) is 13.3. The van der Waals surface area contributed by atoms with Crippen LogP contribution in [0.2, 0.25) is 0 Å². The van der Waals surface area contributed by atoms with Crippen molar-refractivity contribution in [2.75, 3.05) is 25.1 Å². The van der Waals surface area contributed by atoms with Crippen molar-refractivity contribution in [3.63, 3.8) is 0 Å². The normalized spacial score (nSPS) is 31.0. The average Bonchev–Trinajstić information content (AvgIpc) is 3.35. The van der Waals surface area contributed by atoms with E-state index in [9.17, 15) is 23.4 Å². The minimum Gasteiger partial charge on any atom is -0.387 e. The molecule has 0 bridgehead atoms. The zero-order chi connectivity index (χ0) is 19.9. The van der Waals surface area contributed by atoms with Crippen LogP contribution in [0.15, 0.2) is 12.7 Å². The summed E-state index contributed by atoms with van der Waals surface area (Å²) >= 11 is 0. The zero-order valence-electron chi connectivity index (χ0n) is 14.4. The van der Waals surface area contributed by atoms with E-state index in [0.29, 0.717) is 30.2 Å². The van der Waals surface area contributed by atoms with Crippen molar-refractivity contribution in [1.29, 1.82) is 0 Å². The van der Waals surface area contributed by atoms with Gasteiger partial charge in [-0.15, -0.1) is 13.2 Å². The maximum Gasteiger partial charge on any atom is 0.522 e. The Labute approximate surface area is 156 Å². The quantitative estimate of drug-likeness (QED) is 0.639. The molecule has 2 aliphatic heterocycles. The molecule has 2 fully saturated rings. The Morgan fingerprint density at radius 3 is 2.79 bits per heavy atom. The van der Waals surface area contributed by atoms with Gasteiger partial charge in [-0.3, -0.25) is 9.30 Å². The van der Waals surface area contributed by atoms with Crippen LogP contribution < -0.4 is 5.32 Å². The third kappa shape index (κ3) is 3.75. The van der Waals surface area contributed by atoms with Gasteiger partial charge >= 0.3 is 6.36 Å². The van der Waals surface area contributed by atoms with Gasteiger partial charge in [0.2, 0.25) is 0 Å². The van der Waals surface area contributed by atoms with Crippen LogP contribution >= 0.6 is 0 Å². The van der Waals surface area contributed by atoms with E-state index < -0.39 is 37.5 Å². The predicted octanol–water partition coefficient (Wildman–Crippen LogP) is 0.183. The summed E-state index contributed by atoms with van der Waals surface area (Å²) in [5, 5.41) is 23.5. The van der Waals surface area contributed by atoms with Gasteiger partial charge in [-0.2, -0.15) is 0 Å². The SMILES string of the molecule is OC1C(COC(F)(F)F)OC(n2cnc3c(NC4CCOC4)ncnc32)C1O. The summed E-state index contributed by atoms with van der Waals surface area (Å²) in [5.74, 6) is 0.462. The second kappa shape index (κ2) is 7.40. The number of anilines is 1. The number of ether oxygens (including phenoxy) is 3. The van der Waals surface area contributed by atoms with Crippen LogP contribution in [0.5, 0.6) is 0 Å². The predicted molar refractivity (Wildman–Crippen MR) is 86.1 cm³/mol. The molecule has 2 saturated heterocycles. The molecule has 0 radical (unpaired) electrons. The molecule has 4 heterocycles. The van der Waals surface area contributed by atoms with Crippen molar-refractivity contribution >= 4 is 17.0 Å². The highest BCUT2D eigenvalue weighted by atomic mass is 19.4. The minimum absolute atomic E-state index is 0.0716. The Bertz CT molecular complexity index is 828. The molecule has 28 heavy (non-hydrogen) atoms.